The van der Waals surface area contributed by atoms with Gasteiger partial charge in [-0.2, -0.15) is 0 Å². The Bertz CT molecular complexity index is 992. The molecule has 2 nitrogen and oxygen atoms in total. The van der Waals surface area contributed by atoms with Gasteiger partial charge >= 0.3 is 0 Å². The molecule has 0 saturated carbocycles. The Morgan fingerprint density at radius 3 is 2.48 bits per heavy atom. The van der Waals surface area contributed by atoms with Gasteiger partial charge in [0.2, 0.25) is 0 Å². The van der Waals surface area contributed by atoms with Crippen molar-refractivity contribution in [3.05, 3.63) is 83.5 Å². The number of benzene rings is 3. The van der Waals surface area contributed by atoms with Crippen molar-refractivity contribution in [2.75, 3.05) is 0 Å². The third kappa shape index (κ3) is 2.73. The highest BCUT2D eigenvalue weighted by Gasteiger charge is 2.07. The molecule has 23 heavy (non-hydrogen) atoms. The lowest BCUT2D eigenvalue weighted by Gasteiger charge is -2.11. The van der Waals surface area contributed by atoms with E-state index in [2.05, 4.69) is 23.2 Å². The van der Waals surface area contributed by atoms with Gasteiger partial charge in [0, 0.05) is 16.3 Å². The second-order valence-electron chi connectivity index (χ2n) is 5.40. The number of ether oxygens (including phenoxy) is 1. The molecule has 0 amide bonds. The summed E-state index contributed by atoms with van der Waals surface area (Å²) in [5, 5.41) is 3.81. The minimum Gasteiger partial charge on any atom is -0.488 e. The number of halogens is 1. The fourth-order valence-corrected chi connectivity index (χ4v) is 2.91. The molecule has 1 heterocycles. The van der Waals surface area contributed by atoms with Crippen LogP contribution in [0.25, 0.3) is 21.7 Å². The van der Waals surface area contributed by atoms with E-state index in [-0.39, 0.29) is 0 Å². The van der Waals surface area contributed by atoms with Crippen LogP contribution in [0.3, 0.4) is 0 Å². The van der Waals surface area contributed by atoms with Gasteiger partial charge in [-0.15, -0.1) is 0 Å². The molecule has 0 aliphatic carbocycles. The van der Waals surface area contributed by atoms with Crippen molar-refractivity contribution < 1.29 is 4.74 Å². The van der Waals surface area contributed by atoms with Crippen LogP contribution in [-0.4, -0.2) is 4.98 Å². The molecule has 0 radical (unpaired) electrons. The van der Waals surface area contributed by atoms with Gasteiger partial charge in [0.15, 0.2) is 0 Å². The van der Waals surface area contributed by atoms with Crippen LogP contribution in [0.2, 0.25) is 5.15 Å². The summed E-state index contributed by atoms with van der Waals surface area (Å²) in [4.78, 5) is 4.44. The van der Waals surface area contributed by atoms with E-state index < -0.39 is 0 Å². The van der Waals surface area contributed by atoms with Crippen LogP contribution in [0.4, 0.5) is 0 Å². The SMILES string of the molecule is Clc1nc2ccccc2cc1COc1cccc2ccccc12. The summed E-state index contributed by atoms with van der Waals surface area (Å²) in [5.74, 6) is 0.854. The number of nitrogens with zero attached hydrogens (tertiary/aromatic N) is 1. The van der Waals surface area contributed by atoms with Crippen LogP contribution < -0.4 is 4.74 Å². The molecule has 0 spiro atoms. The highest BCUT2D eigenvalue weighted by atomic mass is 35.5. The Hall–Kier alpha value is -2.58. The van der Waals surface area contributed by atoms with Crippen LogP contribution >= 0.6 is 11.6 Å². The summed E-state index contributed by atoms with van der Waals surface area (Å²) < 4.78 is 6.01. The molecule has 4 rings (SSSR count). The number of rotatable bonds is 3. The summed E-state index contributed by atoms with van der Waals surface area (Å²) in [5.41, 5.74) is 1.78. The van der Waals surface area contributed by atoms with E-state index in [1.807, 2.05) is 54.6 Å². The maximum atomic E-state index is 6.30. The van der Waals surface area contributed by atoms with Crippen LogP contribution in [-0.2, 0) is 6.61 Å². The lowest BCUT2D eigenvalue weighted by atomic mass is 10.1. The van der Waals surface area contributed by atoms with Gasteiger partial charge < -0.3 is 4.74 Å². The Labute approximate surface area is 139 Å². The summed E-state index contributed by atoms with van der Waals surface area (Å²) in [6.07, 6.45) is 0. The minimum absolute atomic E-state index is 0.394. The molecule has 3 heteroatoms. The molecule has 112 valence electrons. The topological polar surface area (TPSA) is 22.1 Å². The van der Waals surface area contributed by atoms with Crippen LogP contribution in [0.5, 0.6) is 5.75 Å². The largest absolute Gasteiger partial charge is 0.488 e. The average molecular weight is 320 g/mol. The molecule has 1 aromatic heterocycles. The quantitative estimate of drug-likeness (QED) is 0.457. The van der Waals surface area contributed by atoms with Crippen molar-refractivity contribution in [3.8, 4) is 5.75 Å². The van der Waals surface area contributed by atoms with Crippen molar-refractivity contribution in [3.63, 3.8) is 0 Å². The van der Waals surface area contributed by atoms with Gasteiger partial charge in [-0.25, -0.2) is 4.98 Å². The van der Waals surface area contributed by atoms with Crippen LogP contribution in [0.15, 0.2) is 72.8 Å². The lowest BCUT2D eigenvalue weighted by Crippen LogP contribution is -1.98. The molecule has 3 aromatic carbocycles. The van der Waals surface area contributed by atoms with Gasteiger partial charge in [0.25, 0.3) is 0 Å². The van der Waals surface area contributed by atoms with Gasteiger partial charge in [0.05, 0.1) is 5.52 Å². The Morgan fingerprint density at radius 2 is 1.57 bits per heavy atom. The van der Waals surface area contributed by atoms with Crippen molar-refractivity contribution in [1.82, 2.24) is 4.98 Å². The summed E-state index contributed by atoms with van der Waals surface area (Å²) in [6, 6.07) is 24.2. The summed E-state index contributed by atoms with van der Waals surface area (Å²) in [6.45, 7) is 0.394. The van der Waals surface area contributed by atoms with E-state index in [4.69, 9.17) is 16.3 Å². The van der Waals surface area contributed by atoms with E-state index in [1.165, 1.54) is 0 Å². The zero-order valence-electron chi connectivity index (χ0n) is 12.4. The first-order chi connectivity index (χ1) is 11.3. The number of fused-ring (bicyclic) bond motifs is 2. The van der Waals surface area contributed by atoms with E-state index in [9.17, 15) is 0 Å². The Balaban J connectivity index is 1.67. The second kappa shape index (κ2) is 5.90. The van der Waals surface area contributed by atoms with Crippen molar-refractivity contribution in [1.29, 1.82) is 0 Å². The molecule has 0 atom stereocenters. The highest BCUT2D eigenvalue weighted by Crippen LogP contribution is 2.27. The predicted molar refractivity (Wildman–Crippen MR) is 95.0 cm³/mol. The molecule has 0 aliphatic heterocycles. The summed E-state index contributed by atoms with van der Waals surface area (Å²) >= 11 is 6.30. The van der Waals surface area contributed by atoms with Gasteiger partial charge in [-0.05, 0) is 23.6 Å². The van der Waals surface area contributed by atoms with Crippen LogP contribution in [0, 0.1) is 0 Å². The third-order valence-electron chi connectivity index (χ3n) is 3.88. The first kappa shape index (κ1) is 14.0. The molecule has 0 saturated heterocycles. The maximum Gasteiger partial charge on any atom is 0.136 e. The molecule has 0 N–H and O–H groups in total. The molecular formula is C20H14ClNO. The van der Waals surface area contributed by atoms with Gasteiger partial charge in [-0.1, -0.05) is 66.2 Å². The highest BCUT2D eigenvalue weighted by molar-refractivity contribution is 6.30. The Morgan fingerprint density at radius 1 is 0.826 bits per heavy atom. The molecule has 0 unspecified atom stereocenters. The molecule has 4 aromatic rings. The van der Waals surface area contributed by atoms with Crippen molar-refractivity contribution in [2.24, 2.45) is 0 Å². The molecule has 0 aliphatic rings. The zero-order chi connectivity index (χ0) is 15.6. The molecule has 0 bridgehead atoms. The maximum absolute atomic E-state index is 6.30. The number of hydrogen-bond donors (Lipinski definition) is 0. The smallest absolute Gasteiger partial charge is 0.136 e. The van der Waals surface area contributed by atoms with E-state index in [1.54, 1.807) is 0 Å². The third-order valence-corrected chi connectivity index (χ3v) is 4.21. The fourth-order valence-electron chi connectivity index (χ4n) is 2.71. The van der Waals surface area contributed by atoms with Gasteiger partial charge in [0.1, 0.15) is 17.5 Å². The van der Waals surface area contributed by atoms with Crippen molar-refractivity contribution in [2.45, 2.75) is 6.61 Å². The van der Waals surface area contributed by atoms with Crippen molar-refractivity contribution >= 4 is 33.3 Å². The number of pyridine rings is 1. The fraction of sp³-hybridized carbons (Fsp3) is 0.0500. The minimum atomic E-state index is 0.394. The second-order valence-corrected chi connectivity index (χ2v) is 5.75. The number of para-hydroxylation sites is 1. The first-order valence-electron chi connectivity index (χ1n) is 7.46. The average Bonchev–Trinajstić information content (AvgIpc) is 2.60. The zero-order valence-corrected chi connectivity index (χ0v) is 13.1. The number of aromatic nitrogens is 1. The number of hydrogen-bond acceptors (Lipinski definition) is 2. The molecule has 0 fully saturated rings. The predicted octanol–water partition coefficient (Wildman–Crippen LogP) is 5.62. The normalized spacial score (nSPS) is 11.0. The lowest BCUT2D eigenvalue weighted by molar-refractivity contribution is 0.310. The standard InChI is InChI=1S/C20H14ClNO/c21-20-16(12-15-7-2-4-10-18(15)22-20)13-23-19-11-5-8-14-6-1-3-9-17(14)19/h1-12H,13H2. The van der Waals surface area contributed by atoms with Crippen LogP contribution in [0.1, 0.15) is 5.56 Å². The Kier molecular flexibility index (Phi) is 3.60. The molecular weight excluding hydrogens is 306 g/mol. The van der Waals surface area contributed by atoms with Gasteiger partial charge in [-0.3, -0.25) is 0 Å². The van der Waals surface area contributed by atoms with E-state index in [0.29, 0.717) is 11.8 Å². The van der Waals surface area contributed by atoms with E-state index >= 15 is 0 Å². The summed E-state index contributed by atoms with van der Waals surface area (Å²) in [7, 11) is 0. The monoisotopic (exact) mass is 319 g/mol. The first-order valence-corrected chi connectivity index (χ1v) is 7.84. The van der Waals surface area contributed by atoms with E-state index in [0.717, 1.165) is 33.0 Å².